The molecule has 3 amide bonds. The molecule has 1 aliphatic rings. The molecule has 2 N–H and O–H groups in total. The zero-order valence-corrected chi connectivity index (χ0v) is 20.3. The zero-order valence-electron chi connectivity index (χ0n) is 20.3. The van der Waals surface area contributed by atoms with Crippen molar-refractivity contribution in [1.29, 1.82) is 0 Å². The van der Waals surface area contributed by atoms with Gasteiger partial charge in [-0.25, -0.2) is 9.59 Å². The maximum atomic E-state index is 12.8. The van der Waals surface area contributed by atoms with Crippen LogP contribution in [0.15, 0.2) is 42.5 Å². The molecular formula is C25H37N3O5. The van der Waals surface area contributed by atoms with Crippen LogP contribution in [0.2, 0.25) is 0 Å². The molecule has 0 aromatic heterocycles. The fourth-order valence-electron chi connectivity index (χ4n) is 3.43. The normalized spacial score (nSPS) is 16.4. The van der Waals surface area contributed by atoms with E-state index in [-0.39, 0.29) is 30.6 Å². The average Bonchev–Trinajstić information content (AvgIpc) is 3.19. The van der Waals surface area contributed by atoms with E-state index >= 15 is 0 Å². The minimum absolute atomic E-state index is 0.136. The van der Waals surface area contributed by atoms with Gasteiger partial charge in [-0.1, -0.05) is 56.3 Å². The molecule has 1 heterocycles. The van der Waals surface area contributed by atoms with Crippen LogP contribution in [0, 0.1) is 5.92 Å². The van der Waals surface area contributed by atoms with Gasteiger partial charge in [0.25, 0.3) is 0 Å². The summed E-state index contributed by atoms with van der Waals surface area (Å²) in [6.45, 7) is 10.4. The van der Waals surface area contributed by atoms with Gasteiger partial charge in [0.15, 0.2) is 0 Å². The molecule has 2 atom stereocenters. The Kier molecular flexibility index (Phi) is 9.75. The van der Waals surface area contributed by atoms with Gasteiger partial charge in [0.2, 0.25) is 5.91 Å². The van der Waals surface area contributed by atoms with Gasteiger partial charge in [0.1, 0.15) is 18.2 Å². The summed E-state index contributed by atoms with van der Waals surface area (Å²) >= 11 is 0. The molecule has 2 rings (SSSR count). The maximum absolute atomic E-state index is 12.8. The smallest absolute Gasteiger partial charge is 0.411 e. The summed E-state index contributed by atoms with van der Waals surface area (Å²) in [7, 11) is 0. The topological polar surface area (TPSA) is 97.0 Å². The molecule has 0 bridgehead atoms. The van der Waals surface area contributed by atoms with Crippen LogP contribution < -0.4 is 10.6 Å². The van der Waals surface area contributed by atoms with Crippen molar-refractivity contribution in [1.82, 2.24) is 15.5 Å². The number of hydrogen-bond acceptors (Lipinski definition) is 5. The first-order valence-corrected chi connectivity index (χ1v) is 11.5. The van der Waals surface area contributed by atoms with Crippen molar-refractivity contribution in [2.75, 3.05) is 13.1 Å². The summed E-state index contributed by atoms with van der Waals surface area (Å²) in [4.78, 5) is 39.0. The van der Waals surface area contributed by atoms with Gasteiger partial charge in [-0.3, -0.25) is 9.69 Å². The van der Waals surface area contributed by atoms with E-state index in [1.165, 1.54) is 0 Å². The summed E-state index contributed by atoms with van der Waals surface area (Å²) < 4.78 is 10.7. The molecule has 33 heavy (non-hydrogen) atoms. The average molecular weight is 460 g/mol. The maximum Gasteiger partial charge on any atom is 0.411 e. The van der Waals surface area contributed by atoms with Crippen molar-refractivity contribution in [2.24, 2.45) is 5.92 Å². The standard InChI is InChI=1S/C25H37N3O5/c1-18(2)16-21(27-23(30)32-17-19-10-7-6-8-11-19)22(29)26-14-13-20-12-9-15-28(20)24(31)33-25(3,4)5/h6-12,18,20-21H,13-17H2,1-5H3,(H,26,29)(H,27,30). The molecule has 2 unspecified atom stereocenters. The monoisotopic (exact) mass is 459 g/mol. The first kappa shape index (κ1) is 26.2. The highest BCUT2D eigenvalue weighted by atomic mass is 16.6. The van der Waals surface area contributed by atoms with Crippen LogP contribution >= 0.6 is 0 Å². The van der Waals surface area contributed by atoms with Crippen LogP contribution in [0.5, 0.6) is 0 Å². The molecule has 1 aliphatic heterocycles. The predicted molar refractivity (Wildman–Crippen MR) is 127 cm³/mol. The first-order valence-electron chi connectivity index (χ1n) is 11.5. The summed E-state index contributed by atoms with van der Waals surface area (Å²) in [5.41, 5.74) is 0.306. The molecule has 0 radical (unpaired) electrons. The van der Waals surface area contributed by atoms with Crippen LogP contribution in [0.3, 0.4) is 0 Å². The van der Waals surface area contributed by atoms with E-state index < -0.39 is 17.7 Å². The number of nitrogens with zero attached hydrogens (tertiary/aromatic N) is 1. The third-order valence-corrected chi connectivity index (χ3v) is 4.96. The summed E-state index contributed by atoms with van der Waals surface area (Å²) in [6.07, 6.45) is 3.90. The van der Waals surface area contributed by atoms with Crippen LogP contribution in [0.4, 0.5) is 9.59 Å². The lowest BCUT2D eigenvalue weighted by atomic mass is 10.0. The third kappa shape index (κ3) is 9.55. The highest BCUT2D eigenvalue weighted by Gasteiger charge is 2.29. The van der Waals surface area contributed by atoms with E-state index in [9.17, 15) is 14.4 Å². The molecule has 8 nitrogen and oxygen atoms in total. The van der Waals surface area contributed by atoms with Gasteiger partial charge in [-0.05, 0) is 45.1 Å². The second-order valence-electron chi connectivity index (χ2n) is 9.60. The summed E-state index contributed by atoms with van der Waals surface area (Å²) in [5, 5.41) is 5.56. The Labute approximate surface area is 196 Å². The Hall–Kier alpha value is -3.03. The number of rotatable bonds is 9. The molecular weight excluding hydrogens is 422 g/mol. The SMILES string of the molecule is CC(C)CC(NC(=O)OCc1ccccc1)C(=O)NCCC1C=CCN1C(=O)OC(C)(C)C. The zero-order chi connectivity index (χ0) is 24.4. The van der Waals surface area contributed by atoms with Crippen molar-refractivity contribution < 1.29 is 23.9 Å². The molecule has 1 aromatic rings. The number of hydrogen-bond donors (Lipinski definition) is 2. The van der Waals surface area contributed by atoms with E-state index in [0.717, 1.165) is 5.56 Å². The number of nitrogens with one attached hydrogen (secondary N) is 2. The molecule has 0 saturated carbocycles. The van der Waals surface area contributed by atoms with E-state index in [1.54, 1.807) is 4.90 Å². The van der Waals surface area contributed by atoms with Crippen molar-refractivity contribution in [2.45, 2.75) is 71.8 Å². The minimum Gasteiger partial charge on any atom is -0.445 e. The van der Waals surface area contributed by atoms with E-state index in [4.69, 9.17) is 9.47 Å². The first-order chi connectivity index (χ1) is 15.5. The van der Waals surface area contributed by atoms with E-state index in [0.29, 0.717) is 25.9 Å². The molecule has 1 aromatic carbocycles. The lowest BCUT2D eigenvalue weighted by Gasteiger charge is -2.28. The van der Waals surface area contributed by atoms with Crippen LogP contribution in [-0.4, -0.2) is 53.8 Å². The van der Waals surface area contributed by atoms with Crippen molar-refractivity contribution in [3.8, 4) is 0 Å². The summed E-state index contributed by atoms with van der Waals surface area (Å²) in [6, 6.07) is 8.51. The van der Waals surface area contributed by atoms with Crippen molar-refractivity contribution >= 4 is 18.1 Å². The Morgan fingerprint density at radius 1 is 1.15 bits per heavy atom. The molecule has 182 valence electrons. The Bertz CT molecular complexity index is 817. The van der Waals surface area contributed by atoms with Gasteiger partial charge in [-0.15, -0.1) is 0 Å². The molecule has 0 saturated heterocycles. The fourth-order valence-corrected chi connectivity index (χ4v) is 3.43. The Balaban J connectivity index is 1.83. The van der Waals surface area contributed by atoms with Crippen molar-refractivity contribution in [3.05, 3.63) is 48.0 Å². The predicted octanol–water partition coefficient (Wildman–Crippen LogP) is 4.01. The van der Waals surface area contributed by atoms with Gasteiger partial charge < -0.3 is 20.1 Å². The molecule has 0 aliphatic carbocycles. The van der Waals surface area contributed by atoms with E-state index in [1.807, 2.05) is 77.1 Å². The number of benzene rings is 1. The fraction of sp³-hybridized carbons (Fsp3) is 0.560. The number of carbonyl (C=O) groups is 3. The second kappa shape index (κ2) is 12.3. The van der Waals surface area contributed by atoms with Crippen LogP contribution in [-0.2, 0) is 20.9 Å². The highest BCUT2D eigenvalue weighted by Crippen LogP contribution is 2.18. The number of amides is 3. The Morgan fingerprint density at radius 2 is 1.85 bits per heavy atom. The van der Waals surface area contributed by atoms with Gasteiger partial charge >= 0.3 is 12.2 Å². The lowest BCUT2D eigenvalue weighted by Crippen LogP contribution is -2.48. The van der Waals surface area contributed by atoms with E-state index in [2.05, 4.69) is 10.6 Å². The number of carbonyl (C=O) groups excluding carboxylic acids is 3. The minimum atomic E-state index is -0.700. The molecule has 0 spiro atoms. The number of alkyl carbamates (subject to hydrolysis) is 1. The quantitative estimate of drug-likeness (QED) is 0.544. The van der Waals surface area contributed by atoms with Gasteiger partial charge in [0, 0.05) is 13.1 Å². The third-order valence-electron chi connectivity index (χ3n) is 4.96. The highest BCUT2D eigenvalue weighted by molar-refractivity contribution is 5.85. The van der Waals surface area contributed by atoms with Crippen molar-refractivity contribution in [3.63, 3.8) is 0 Å². The van der Waals surface area contributed by atoms with Gasteiger partial charge in [-0.2, -0.15) is 0 Å². The second-order valence-corrected chi connectivity index (χ2v) is 9.60. The largest absolute Gasteiger partial charge is 0.445 e. The van der Waals surface area contributed by atoms with Gasteiger partial charge in [0.05, 0.1) is 6.04 Å². The van der Waals surface area contributed by atoms with Crippen LogP contribution in [0.25, 0.3) is 0 Å². The Morgan fingerprint density at radius 3 is 2.48 bits per heavy atom. The molecule has 8 heteroatoms. The van der Waals surface area contributed by atoms with Crippen LogP contribution in [0.1, 0.15) is 53.0 Å². The summed E-state index contributed by atoms with van der Waals surface area (Å²) in [5.74, 6) is -0.0678. The lowest BCUT2D eigenvalue weighted by molar-refractivity contribution is -0.123. The molecule has 0 fully saturated rings. The number of ether oxygens (including phenoxy) is 2.